The molecule has 2 rings (SSSR count). The number of hydrogen-bond donors (Lipinski definition) is 3. The molecule has 17 heavy (non-hydrogen) atoms. The largest absolute Gasteiger partial charge is 0.362 e. The lowest BCUT2D eigenvalue weighted by atomic mass is 10.4. The maximum Gasteiger partial charge on any atom is 0.255 e. The van der Waals surface area contributed by atoms with E-state index in [2.05, 4.69) is 30.6 Å². The van der Waals surface area contributed by atoms with Crippen LogP contribution < -0.4 is 10.6 Å². The first-order chi connectivity index (χ1) is 8.20. The average Bonchev–Trinajstić information content (AvgIpc) is 2.74. The number of anilines is 2. The number of halogens is 2. The van der Waals surface area contributed by atoms with Gasteiger partial charge in [0.25, 0.3) is 6.43 Å². The second-order valence-corrected chi connectivity index (χ2v) is 3.30. The number of H-pyrrole nitrogens is 1. The molecule has 92 valence electrons. The molecule has 2 aromatic rings. The minimum Gasteiger partial charge on any atom is -0.362 e. The highest BCUT2D eigenvalue weighted by Gasteiger charge is 2.11. The SMILES string of the molecule is CCNc1nc(NCC(F)F)c2[nH]cnc2n1. The number of nitrogens with zero attached hydrogens (tertiary/aromatic N) is 3. The monoisotopic (exact) mass is 242 g/mol. The molecule has 0 saturated carbocycles. The van der Waals surface area contributed by atoms with E-state index in [1.54, 1.807) is 0 Å². The number of alkyl halides is 2. The fourth-order valence-corrected chi connectivity index (χ4v) is 1.37. The maximum atomic E-state index is 12.1. The van der Waals surface area contributed by atoms with Crippen molar-refractivity contribution in [2.45, 2.75) is 13.3 Å². The van der Waals surface area contributed by atoms with Crippen molar-refractivity contribution in [1.82, 2.24) is 19.9 Å². The molecule has 2 aromatic heterocycles. The molecule has 0 aliphatic carbocycles. The van der Waals surface area contributed by atoms with Gasteiger partial charge in [-0.2, -0.15) is 9.97 Å². The van der Waals surface area contributed by atoms with E-state index in [1.807, 2.05) is 6.92 Å². The normalized spacial score (nSPS) is 11.1. The van der Waals surface area contributed by atoms with Crippen LogP contribution >= 0.6 is 0 Å². The lowest BCUT2D eigenvalue weighted by molar-refractivity contribution is 0.163. The number of hydrogen-bond acceptors (Lipinski definition) is 5. The highest BCUT2D eigenvalue weighted by Crippen LogP contribution is 2.18. The smallest absolute Gasteiger partial charge is 0.255 e. The van der Waals surface area contributed by atoms with Crippen LogP contribution in [-0.2, 0) is 0 Å². The number of aromatic nitrogens is 4. The van der Waals surface area contributed by atoms with E-state index < -0.39 is 13.0 Å². The Balaban J connectivity index is 2.32. The summed E-state index contributed by atoms with van der Waals surface area (Å²) in [6, 6.07) is 0. The highest BCUT2D eigenvalue weighted by atomic mass is 19.3. The molecule has 3 N–H and O–H groups in total. The van der Waals surface area contributed by atoms with Gasteiger partial charge in [0, 0.05) is 6.54 Å². The van der Waals surface area contributed by atoms with E-state index in [4.69, 9.17) is 0 Å². The van der Waals surface area contributed by atoms with Crippen molar-refractivity contribution in [2.24, 2.45) is 0 Å². The minimum absolute atomic E-state index is 0.323. The predicted octanol–water partition coefficient (Wildman–Crippen LogP) is 1.46. The van der Waals surface area contributed by atoms with Crippen molar-refractivity contribution in [1.29, 1.82) is 0 Å². The zero-order valence-corrected chi connectivity index (χ0v) is 9.17. The third-order valence-corrected chi connectivity index (χ3v) is 2.04. The lowest BCUT2D eigenvalue weighted by Gasteiger charge is -2.07. The summed E-state index contributed by atoms with van der Waals surface area (Å²) in [6.45, 7) is 2.07. The molecule has 0 aliphatic heterocycles. The van der Waals surface area contributed by atoms with Gasteiger partial charge in [-0.25, -0.2) is 13.8 Å². The second-order valence-electron chi connectivity index (χ2n) is 3.30. The summed E-state index contributed by atoms with van der Waals surface area (Å²) in [5.41, 5.74) is 0.958. The van der Waals surface area contributed by atoms with Crippen molar-refractivity contribution in [3.63, 3.8) is 0 Å². The Hall–Kier alpha value is -1.99. The maximum absolute atomic E-state index is 12.1. The quantitative estimate of drug-likeness (QED) is 0.739. The third kappa shape index (κ3) is 2.58. The molecule has 0 radical (unpaired) electrons. The van der Waals surface area contributed by atoms with Gasteiger partial charge in [0.05, 0.1) is 12.9 Å². The molecular weight excluding hydrogens is 230 g/mol. The summed E-state index contributed by atoms with van der Waals surface area (Å²) in [5, 5.41) is 5.47. The molecule has 0 bridgehead atoms. The van der Waals surface area contributed by atoms with Gasteiger partial charge in [0.15, 0.2) is 11.5 Å². The molecule has 0 fully saturated rings. The van der Waals surface area contributed by atoms with Crippen LogP contribution in [0.25, 0.3) is 11.2 Å². The van der Waals surface area contributed by atoms with Crippen LogP contribution in [0.1, 0.15) is 6.92 Å². The van der Waals surface area contributed by atoms with E-state index in [0.717, 1.165) is 0 Å². The fourth-order valence-electron chi connectivity index (χ4n) is 1.37. The molecule has 0 aromatic carbocycles. The van der Waals surface area contributed by atoms with E-state index in [9.17, 15) is 8.78 Å². The van der Waals surface area contributed by atoms with Crippen LogP contribution in [0.2, 0.25) is 0 Å². The van der Waals surface area contributed by atoms with Crippen molar-refractivity contribution in [3.8, 4) is 0 Å². The standard InChI is InChI=1S/C9H12F2N6/c1-2-12-9-16-7(13-3-5(10)11)6-8(17-9)15-4-14-6/h4-5H,2-3H2,1H3,(H3,12,13,14,15,16,17). The summed E-state index contributed by atoms with van der Waals surface area (Å²) in [7, 11) is 0. The summed E-state index contributed by atoms with van der Waals surface area (Å²) in [5.74, 6) is 0.688. The molecule has 0 unspecified atom stereocenters. The van der Waals surface area contributed by atoms with E-state index >= 15 is 0 Å². The number of fused-ring (bicyclic) bond motifs is 1. The predicted molar refractivity (Wildman–Crippen MR) is 60.3 cm³/mol. The summed E-state index contributed by atoms with van der Waals surface area (Å²) >= 11 is 0. The number of nitrogens with one attached hydrogen (secondary N) is 3. The molecule has 0 atom stereocenters. The number of rotatable bonds is 5. The van der Waals surface area contributed by atoms with Crippen LogP contribution in [0.5, 0.6) is 0 Å². The topological polar surface area (TPSA) is 78.5 Å². The average molecular weight is 242 g/mol. The zero-order chi connectivity index (χ0) is 12.3. The Kier molecular flexibility index (Phi) is 3.31. The Morgan fingerprint density at radius 1 is 1.35 bits per heavy atom. The molecular formula is C9H12F2N6. The van der Waals surface area contributed by atoms with Gasteiger partial charge in [-0.05, 0) is 6.92 Å². The van der Waals surface area contributed by atoms with Crippen LogP contribution in [0.3, 0.4) is 0 Å². The van der Waals surface area contributed by atoms with E-state index in [1.165, 1.54) is 6.33 Å². The van der Waals surface area contributed by atoms with Crippen LogP contribution in [0.4, 0.5) is 20.5 Å². The first-order valence-electron chi connectivity index (χ1n) is 5.17. The number of aromatic amines is 1. The van der Waals surface area contributed by atoms with E-state index in [-0.39, 0.29) is 0 Å². The van der Waals surface area contributed by atoms with Gasteiger partial charge in [-0.1, -0.05) is 0 Å². The zero-order valence-electron chi connectivity index (χ0n) is 9.17. The van der Waals surface area contributed by atoms with Gasteiger partial charge in [-0.3, -0.25) is 0 Å². The Bertz CT molecular complexity index is 497. The minimum atomic E-state index is -2.44. The molecule has 6 nitrogen and oxygen atoms in total. The molecule has 8 heteroatoms. The van der Waals surface area contributed by atoms with Gasteiger partial charge >= 0.3 is 0 Å². The molecule has 0 amide bonds. The summed E-state index contributed by atoms with van der Waals surface area (Å²) < 4.78 is 24.3. The lowest BCUT2D eigenvalue weighted by Crippen LogP contribution is -2.13. The first kappa shape index (κ1) is 11.5. The molecule has 2 heterocycles. The number of imidazole rings is 1. The summed E-state index contributed by atoms with van der Waals surface area (Å²) in [4.78, 5) is 15.0. The fraction of sp³-hybridized carbons (Fsp3) is 0.444. The van der Waals surface area contributed by atoms with Crippen molar-refractivity contribution >= 4 is 22.9 Å². The Morgan fingerprint density at radius 3 is 2.88 bits per heavy atom. The van der Waals surface area contributed by atoms with Crippen molar-refractivity contribution in [3.05, 3.63) is 6.33 Å². The summed E-state index contributed by atoms with van der Waals surface area (Å²) in [6.07, 6.45) is -0.992. The van der Waals surface area contributed by atoms with Crippen molar-refractivity contribution < 1.29 is 8.78 Å². The third-order valence-electron chi connectivity index (χ3n) is 2.04. The van der Waals surface area contributed by atoms with Gasteiger partial charge < -0.3 is 15.6 Å². The highest BCUT2D eigenvalue weighted by molar-refractivity contribution is 5.83. The Morgan fingerprint density at radius 2 is 2.18 bits per heavy atom. The second kappa shape index (κ2) is 4.89. The Labute approximate surface area is 95.9 Å². The molecule has 0 spiro atoms. The van der Waals surface area contributed by atoms with Crippen LogP contribution in [0, 0.1) is 0 Å². The van der Waals surface area contributed by atoms with Gasteiger partial charge in [0.2, 0.25) is 5.95 Å². The van der Waals surface area contributed by atoms with Gasteiger partial charge in [0.1, 0.15) is 5.52 Å². The molecule has 0 saturated heterocycles. The van der Waals surface area contributed by atoms with Crippen molar-refractivity contribution in [2.75, 3.05) is 23.7 Å². The van der Waals surface area contributed by atoms with Crippen LogP contribution in [0.15, 0.2) is 6.33 Å². The van der Waals surface area contributed by atoms with Crippen LogP contribution in [-0.4, -0.2) is 39.5 Å². The first-order valence-corrected chi connectivity index (χ1v) is 5.17. The molecule has 0 aliphatic rings. The van der Waals surface area contributed by atoms with E-state index in [0.29, 0.717) is 29.5 Å². The van der Waals surface area contributed by atoms with Gasteiger partial charge in [-0.15, -0.1) is 0 Å².